The van der Waals surface area contributed by atoms with Crippen LogP contribution in [0, 0.1) is 5.92 Å². The minimum absolute atomic E-state index is 0.239. The van der Waals surface area contributed by atoms with Gasteiger partial charge in [-0.1, -0.05) is 18.2 Å². The van der Waals surface area contributed by atoms with Crippen molar-refractivity contribution in [2.75, 3.05) is 13.2 Å². The lowest BCUT2D eigenvalue weighted by Crippen LogP contribution is -2.67. The van der Waals surface area contributed by atoms with Gasteiger partial charge in [0.1, 0.15) is 5.92 Å². The summed E-state index contributed by atoms with van der Waals surface area (Å²) in [6.45, 7) is 2.96. The van der Waals surface area contributed by atoms with E-state index in [4.69, 9.17) is 4.74 Å². The summed E-state index contributed by atoms with van der Waals surface area (Å²) >= 11 is 0. The molecule has 12 heteroatoms. The van der Waals surface area contributed by atoms with E-state index >= 15 is 0 Å². The molecule has 3 unspecified atom stereocenters. The zero-order chi connectivity index (χ0) is 24.5. The second-order valence-electron chi connectivity index (χ2n) is 6.94. The van der Waals surface area contributed by atoms with Gasteiger partial charge in [-0.05, 0) is 32.4 Å². The van der Waals surface area contributed by atoms with Crippen LogP contribution in [0.2, 0.25) is 0 Å². The van der Waals surface area contributed by atoms with Gasteiger partial charge in [0.2, 0.25) is 5.72 Å². The Bertz CT molecular complexity index is 910. The molecule has 0 amide bonds. The molecule has 0 fully saturated rings. The first kappa shape index (κ1) is 25.5. The highest BCUT2D eigenvalue weighted by Gasteiger charge is 2.67. The minimum Gasteiger partial charge on any atom is -0.466 e. The maximum absolute atomic E-state index is 14.0. The van der Waals surface area contributed by atoms with Crippen LogP contribution in [0.1, 0.15) is 37.8 Å². The fraction of sp³-hybridized carbons (Fsp3) is 0.500. The fourth-order valence-electron chi connectivity index (χ4n) is 3.71. The van der Waals surface area contributed by atoms with Crippen molar-refractivity contribution in [2.24, 2.45) is 5.92 Å². The molecular weight excluding hydrogens is 448 g/mol. The average Bonchev–Trinajstić information content (AvgIpc) is 2.66. The van der Waals surface area contributed by atoms with E-state index in [9.17, 15) is 41.0 Å². The third-order valence-electron chi connectivity index (χ3n) is 4.95. The molecule has 0 saturated carbocycles. The number of halogens is 6. The van der Waals surface area contributed by atoms with Crippen molar-refractivity contribution in [3.8, 4) is 0 Å². The number of esters is 2. The topological polar surface area (TPSA) is 84.9 Å². The van der Waals surface area contributed by atoms with Gasteiger partial charge in [-0.3, -0.25) is 4.79 Å². The molecule has 1 heterocycles. The number of aliphatic hydroxyl groups is 1. The Morgan fingerprint density at radius 2 is 1.62 bits per heavy atom. The molecule has 0 saturated heterocycles. The van der Waals surface area contributed by atoms with Crippen LogP contribution in [0.4, 0.5) is 26.3 Å². The molecule has 0 spiro atoms. The third-order valence-corrected chi connectivity index (χ3v) is 4.95. The first-order valence-electron chi connectivity index (χ1n) is 9.48. The Morgan fingerprint density at radius 3 is 2.12 bits per heavy atom. The van der Waals surface area contributed by atoms with Gasteiger partial charge in [-0.25, -0.2) is 4.79 Å². The summed E-state index contributed by atoms with van der Waals surface area (Å²) in [5.41, 5.74) is -7.46. The first-order chi connectivity index (χ1) is 14.7. The second-order valence-corrected chi connectivity index (χ2v) is 6.94. The van der Waals surface area contributed by atoms with E-state index in [2.05, 4.69) is 4.74 Å². The molecule has 6 nitrogen and oxygen atoms in total. The SMILES string of the molecule is CCOC(=O)C1=C(C)NC(O)(C(F)(F)F)C(C(=O)OCC)C1c1ccccc1C(F)(F)F. The number of allylic oxidation sites excluding steroid dienone is 1. The summed E-state index contributed by atoms with van der Waals surface area (Å²) in [6.07, 6.45) is -10.6. The molecule has 1 aliphatic rings. The van der Waals surface area contributed by atoms with E-state index in [-0.39, 0.29) is 6.61 Å². The van der Waals surface area contributed by atoms with Crippen molar-refractivity contribution < 1.29 is 50.5 Å². The van der Waals surface area contributed by atoms with Crippen molar-refractivity contribution in [3.05, 3.63) is 46.7 Å². The molecule has 2 N–H and O–H groups in total. The Kier molecular flexibility index (Phi) is 7.18. The molecule has 3 atom stereocenters. The van der Waals surface area contributed by atoms with Gasteiger partial charge in [-0.15, -0.1) is 0 Å². The van der Waals surface area contributed by atoms with Crippen LogP contribution in [0.3, 0.4) is 0 Å². The Morgan fingerprint density at radius 1 is 1.06 bits per heavy atom. The number of ether oxygens (including phenoxy) is 2. The van der Waals surface area contributed by atoms with Gasteiger partial charge in [0.25, 0.3) is 0 Å². The summed E-state index contributed by atoms with van der Waals surface area (Å²) in [4.78, 5) is 25.3. The molecule has 1 aromatic rings. The Labute approximate surface area is 179 Å². The summed E-state index contributed by atoms with van der Waals surface area (Å²) in [5, 5.41) is 12.3. The van der Waals surface area contributed by atoms with Crippen LogP contribution in [0.25, 0.3) is 0 Å². The van der Waals surface area contributed by atoms with E-state index in [0.29, 0.717) is 6.07 Å². The van der Waals surface area contributed by atoms with E-state index in [1.165, 1.54) is 13.8 Å². The van der Waals surface area contributed by atoms with Gasteiger partial charge in [0.05, 0.1) is 24.4 Å². The van der Waals surface area contributed by atoms with Crippen LogP contribution in [-0.4, -0.2) is 42.2 Å². The molecule has 0 aromatic heterocycles. The summed E-state index contributed by atoms with van der Waals surface area (Å²) in [6, 6.07) is 3.56. The van der Waals surface area contributed by atoms with Crippen LogP contribution in [-0.2, 0) is 25.2 Å². The lowest BCUT2D eigenvalue weighted by molar-refractivity contribution is -0.293. The predicted molar refractivity (Wildman–Crippen MR) is 97.8 cm³/mol. The number of carbonyl (C=O) groups is 2. The molecule has 1 aromatic carbocycles. The second kappa shape index (κ2) is 9.00. The van der Waals surface area contributed by atoms with Crippen LogP contribution in [0.15, 0.2) is 35.5 Å². The molecule has 0 aliphatic carbocycles. The molecule has 1 aliphatic heterocycles. The maximum atomic E-state index is 14.0. The van der Waals surface area contributed by atoms with E-state index in [1.54, 1.807) is 5.32 Å². The predicted octanol–water partition coefficient (Wildman–Crippen LogP) is 3.66. The first-order valence-corrected chi connectivity index (χ1v) is 9.48. The largest absolute Gasteiger partial charge is 0.466 e. The van der Waals surface area contributed by atoms with Gasteiger partial charge < -0.3 is 19.9 Å². The zero-order valence-electron chi connectivity index (χ0n) is 17.2. The third kappa shape index (κ3) is 4.54. The maximum Gasteiger partial charge on any atom is 0.437 e. The average molecular weight is 469 g/mol. The molecule has 2 rings (SSSR count). The van der Waals surface area contributed by atoms with Crippen molar-refractivity contribution in [1.29, 1.82) is 0 Å². The van der Waals surface area contributed by atoms with Crippen molar-refractivity contribution in [1.82, 2.24) is 5.32 Å². The van der Waals surface area contributed by atoms with Crippen molar-refractivity contribution in [3.63, 3.8) is 0 Å². The smallest absolute Gasteiger partial charge is 0.437 e. The molecule has 0 bridgehead atoms. The number of alkyl halides is 6. The van der Waals surface area contributed by atoms with E-state index in [1.807, 2.05) is 0 Å². The minimum atomic E-state index is -5.53. The Hall–Kier alpha value is -2.76. The highest BCUT2D eigenvalue weighted by Crippen LogP contribution is 2.51. The molecular formula is C20H21F6NO5. The van der Waals surface area contributed by atoms with E-state index < -0.39 is 70.9 Å². The van der Waals surface area contributed by atoms with E-state index in [0.717, 1.165) is 25.1 Å². The van der Waals surface area contributed by atoms with Crippen LogP contribution < -0.4 is 5.32 Å². The Balaban J connectivity index is 2.95. The van der Waals surface area contributed by atoms with Gasteiger partial charge in [0.15, 0.2) is 0 Å². The summed E-state index contributed by atoms with van der Waals surface area (Å²) in [5.74, 6) is -7.75. The normalized spacial score (nSPS) is 24.1. The zero-order valence-corrected chi connectivity index (χ0v) is 17.2. The van der Waals surface area contributed by atoms with Crippen molar-refractivity contribution in [2.45, 2.75) is 44.8 Å². The monoisotopic (exact) mass is 469 g/mol. The standard InChI is InChI=1S/C20H21F6NO5/c1-4-31-16(28)13-10(3)27-18(30,20(24,25)26)15(17(29)32-5-2)14(13)11-8-6-7-9-12(11)19(21,22)23/h6-9,14-15,27,30H,4-5H2,1-3H3. The number of rotatable bonds is 5. The number of hydrogen-bond acceptors (Lipinski definition) is 6. The molecule has 32 heavy (non-hydrogen) atoms. The van der Waals surface area contributed by atoms with Crippen LogP contribution in [0.5, 0.6) is 0 Å². The molecule has 0 radical (unpaired) electrons. The van der Waals surface area contributed by atoms with Gasteiger partial charge >= 0.3 is 24.3 Å². The van der Waals surface area contributed by atoms with Gasteiger partial charge in [-0.2, -0.15) is 26.3 Å². The molecule has 178 valence electrons. The quantitative estimate of drug-likeness (QED) is 0.506. The fourth-order valence-corrected chi connectivity index (χ4v) is 3.71. The van der Waals surface area contributed by atoms with Crippen LogP contribution >= 0.6 is 0 Å². The van der Waals surface area contributed by atoms with Gasteiger partial charge in [0, 0.05) is 11.6 Å². The number of nitrogens with one attached hydrogen (secondary N) is 1. The number of hydrogen-bond donors (Lipinski definition) is 2. The summed E-state index contributed by atoms with van der Waals surface area (Å²) in [7, 11) is 0. The lowest BCUT2D eigenvalue weighted by atomic mass is 9.70. The summed E-state index contributed by atoms with van der Waals surface area (Å²) < 4.78 is 92.6. The van der Waals surface area contributed by atoms with Crippen molar-refractivity contribution >= 4 is 11.9 Å². The lowest BCUT2D eigenvalue weighted by Gasteiger charge is -2.45. The highest BCUT2D eigenvalue weighted by molar-refractivity contribution is 5.94. The number of carbonyl (C=O) groups excluding carboxylic acids is 2. The number of benzene rings is 1. The highest BCUT2D eigenvalue weighted by atomic mass is 19.4.